The Morgan fingerprint density at radius 1 is 1.04 bits per heavy atom. The molecule has 0 saturated heterocycles. The first-order valence-corrected chi connectivity index (χ1v) is 9.28. The van der Waals surface area contributed by atoms with Gasteiger partial charge in [-0.3, -0.25) is 0 Å². The number of methoxy groups -OCH3 is 1. The molecule has 0 bridgehead atoms. The molecule has 2 atom stereocenters. The summed E-state index contributed by atoms with van der Waals surface area (Å²) in [6.45, 7) is 4.63. The van der Waals surface area contributed by atoms with E-state index in [9.17, 15) is 0 Å². The second-order valence-corrected chi connectivity index (χ2v) is 7.56. The third-order valence-corrected chi connectivity index (χ3v) is 5.73. The van der Waals surface area contributed by atoms with E-state index in [0.29, 0.717) is 23.2 Å². The Morgan fingerprint density at radius 3 is 2.74 bits per heavy atom. The summed E-state index contributed by atoms with van der Waals surface area (Å²) in [5.74, 6) is 3.41. The minimum atomic E-state index is -0.481. The number of rotatable bonds is 2. The van der Waals surface area contributed by atoms with Crippen molar-refractivity contribution in [1.82, 2.24) is 0 Å². The van der Waals surface area contributed by atoms with Crippen molar-refractivity contribution in [2.24, 2.45) is 0 Å². The average molecular weight is 362 g/mol. The monoisotopic (exact) mass is 362 g/mol. The van der Waals surface area contributed by atoms with Crippen LogP contribution >= 0.6 is 0 Å². The van der Waals surface area contributed by atoms with E-state index in [4.69, 9.17) is 18.9 Å². The van der Waals surface area contributed by atoms with Gasteiger partial charge in [0.2, 0.25) is 12.5 Å². The van der Waals surface area contributed by atoms with Crippen molar-refractivity contribution >= 4 is 10.8 Å². The summed E-state index contributed by atoms with van der Waals surface area (Å²) in [4.78, 5) is 0. The zero-order valence-electron chi connectivity index (χ0n) is 15.7. The van der Waals surface area contributed by atoms with Gasteiger partial charge in [-0.15, -0.1) is 0 Å². The Labute approximate surface area is 158 Å². The normalized spacial score (nSPS) is 23.0. The van der Waals surface area contributed by atoms with Crippen molar-refractivity contribution in [3.63, 3.8) is 0 Å². The maximum Gasteiger partial charge on any atom is 0.231 e. The van der Waals surface area contributed by atoms with Crippen molar-refractivity contribution in [2.45, 2.75) is 31.8 Å². The van der Waals surface area contributed by atoms with E-state index in [0.717, 1.165) is 23.1 Å². The highest BCUT2D eigenvalue weighted by Gasteiger charge is 2.39. The molecule has 2 unspecified atom stereocenters. The van der Waals surface area contributed by atoms with Gasteiger partial charge >= 0.3 is 0 Å². The fraction of sp³-hybridized carbons (Fsp3) is 0.304. The second kappa shape index (κ2) is 5.81. The summed E-state index contributed by atoms with van der Waals surface area (Å²) < 4.78 is 23.4. The molecule has 4 heteroatoms. The first kappa shape index (κ1) is 16.3. The van der Waals surface area contributed by atoms with Gasteiger partial charge in [-0.05, 0) is 42.3 Å². The molecule has 0 aromatic heterocycles. The maximum atomic E-state index is 6.70. The number of hydrogen-bond donors (Lipinski definition) is 0. The van der Waals surface area contributed by atoms with Crippen molar-refractivity contribution < 1.29 is 18.9 Å². The molecule has 3 aromatic rings. The van der Waals surface area contributed by atoms with E-state index in [1.807, 2.05) is 12.1 Å². The first-order valence-electron chi connectivity index (χ1n) is 9.28. The quantitative estimate of drug-likeness (QED) is 0.613. The Balaban J connectivity index is 1.66. The van der Waals surface area contributed by atoms with Crippen LogP contribution in [-0.2, 0) is 5.60 Å². The standard InChI is InChI=1S/C23H22O4/c1-14-12-23(2,16-10-19(24-3)22-20(11-16)25-13-26-22)27-21-17(14)9-8-15-6-4-5-7-18(15)21/h4-11,14H,12-13H2,1-3H3. The topological polar surface area (TPSA) is 36.9 Å². The molecule has 2 heterocycles. The molecule has 138 valence electrons. The zero-order chi connectivity index (χ0) is 18.6. The molecule has 0 fully saturated rings. The predicted octanol–water partition coefficient (Wildman–Crippen LogP) is 5.38. The fourth-order valence-corrected chi connectivity index (χ4v) is 4.33. The van der Waals surface area contributed by atoms with Crippen LogP contribution in [0.4, 0.5) is 0 Å². The number of fused-ring (bicyclic) bond motifs is 4. The molecule has 2 aliphatic rings. The van der Waals surface area contributed by atoms with E-state index in [-0.39, 0.29) is 6.79 Å². The molecule has 0 aliphatic carbocycles. The lowest BCUT2D eigenvalue weighted by Gasteiger charge is -2.40. The van der Waals surface area contributed by atoms with Gasteiger partial charge in [-0.1, -0.05) is 43.3 Å². The molecule has 27 heavy (non-hydrogen) atoms. The van der Waals surface area contributed by atoms with Crippen LogP contribution in [0.15, 0.2) is 48.5 Å². The maximum absolute atomic E-state index is 6.70. The highest BCUT2D eigenvalue weighted by molar-refractivity contribution is 5.90. The first-order chi connectivity index (χ1) is 13.1. The largest absolute Gasteiger partial charge is 0.493 e. The van der Waals surface area contributed by atoms with Crippen LogP contribution in [0.1, 0.15) is 37.3 Å². The Kier molecular flexibility index (Phi) is 3.51. The predicted molar refractivity (Wildman–Crippen MR) is 104 cm³/mol. The summed E-state index contributed by atoms with van der Waals surface area (Å²) in [6.07, 6.45) is 0.876. The van der Waals surface area contributed by atoms with Gasteiger partial charge in [-0.25, -0.2) is 0 Å². The van der Waals surface area contributed by atoms with E-state index in [1.165, 1.54) is 10.9 Å². The molecular formula is C23H22O4. The molecule has 0 amide bonds. The van der Waals surface area contributed by atoms with Crippen LogP contribution in [0.2, 0.25) is 0 Å². The van der Waals surface area contributed by atoms with Gasteiger partial charge in [0.1, 0.15) is 11.4 Å². The lowest BCUT2D eigenvalue weighted by molar-refractivity contribution is 0.0545. The number of hydrogen-bond acceptors (Lipinski definition) is 4. The molecule has 0 N–H and O–H groups in total. The average Bonchev–Trinajstić information content (AvgIpc) is 3.16. The molecule has 4 nitrogen and oxygen atoms in total. The Morgan fingerprint density at radius 2 is 1.89 bits per heavy atom. The minimum absolute atomic E-state index is 0.219. The van der Waals surface area contributed by atoms with E-state index in [2.05, 4.69) is 50.2 Å². The van der Waals surface area contributed by atoms with E-state index >= 15 is 0 Å². The van der Waals surface area contributed by atoms with Gasteiger partial charge in [-0.2, -0.15) is 0 Å². The number of ether oxygens (including phenoxy) is 4. The number of benzene rings is 3. The lowest BCUT2D eigenvalue weighted by atomic mass is 9.79. The molecule has 2 aliphatic heterocycles. The van der Waals surface area contributed by atoms with Gasteiger partial charge < -0.3 is 18.9 Å². The molecule has 0 spiro atoms. The third kappa shape index (κ3) is 2.43. The van der Waals surface area contributed by atoms with Crippen LogP contribution in [-0.4, -0.2) is 13.9 Å². The van der Waals surface area contributed by atoms with Crippen molar-refractivity contribution in [3.8, 4) is 23.0 Å². The lowest BCUT2D eigenvalue weighted by Crippen LogP contribution is -2.35. The SMILES string of the molecule is COc1cc(C2(C)CC(C)c3ccc4ccccc4c3O2)cc2c1OCO2. The van der Waals surface area contributed by atoms with Crippen LogP contribution in [0.3, 0.4) is 0 Å². The van der Waals surface area contributed by atoms with Crippen LogP contribution in [0.25, 0.3) is 10.8 Å². The summed E-state index contributed by atoms with van der Waals surface area (Å²) in [6, 6.07) is 16.8. The molecule has 0 saturated carbocycles. The summed E-state index contributed by atoms with van der Waals surface area (Å²) in [5, 5.41) is 2.34. The molecule has 5 rings (SSSR count). The summed E-state index contributed by atoms with van der Waals surface area (Å²) in [5.41, 5.74) is 1.82. The van der Waals surface area contributed by atoms with Gasteiger partial charge in [0.25, 0.3) is 0 Å². The van der Waals surface area contributed by atoms with Gasteiger partial charge in [0.15, 0.2) is 11.5 Å². The third-order valence-electron chi connectivity index (χ3n) is 5.73. The highest BCUT2D eigenvalue weighted by Crippen LogP contribution is 2.51. The van der Waals surface area contributed by atoms with Crippen LogP contribution < -0.4 is 18.9 Å². The van der Waals surface area contributed by atoms with Crippen molar-refractivity contribution in [2.75, 3.05) is 13.9 Å². The smallest absolute Gasteiger partial charge is 0.231 e. The molecule has 0 radical (unpaired) electrons. The van der Waals surface area contributed by atoms with Crippen LogP contribution in [0.5, 0.6) is 23.0 Å². The van der Waals surface area contributed by atoms with Gasteiger partial charge in [0, 0.05) is 10.9 Å². The van der Waals surface area contributed by atoms with Crippen LogP contribution in [0, 0.1) is 0 Å². The van der Waals surface area contributed by atoms with Gasteiger partial charge in [0.05, 0.1) is 7.11 Å². The zero-order valence-corrected chi connectivity index (χ0v) is 15.7. The Hall–Kier alpha value is -2.88. The highest BCUT2D eigenvalue weighted by atomic mass is 16.7. The molecular weight excluding hydrogens is 340 g/mol. The van der Waals surface area contributed by atoms with Crippen molar-refractivity contribution in [1.29, 1.82) is 0 Å². The van der Waals surface area contributed by atoms with Crippen molar-refractivity contribution in [3.05, 3.63) is 59.7 Å². The Bertz CT molecular complexity index is 1040. The second-order valence-electron chi connectivity index (χ2n) is 7.56. The van der Waals surface area contributed by atoms with E-state index < -0.39 is 5.60 Å². The molecule has 3 aromatic carbocycles. The minimum Gasteiger partial charge on any atom is -0.493 e. The summed E-state index contributed by atoms with van der Waals surface area (Å²) in [7, 11) is 1.65. The summed E-state index contributed by atoms with van der Waals surface area (Å²) >= 11 is 0. The van der Waals surface area contributed by atoms with E-state index in [1.54, 1.807) is 7.11 Å². The fourth-order valence-electron chi connectivity index (χ4n) is 4.33.